The smallest absolute Gasteiger partial charge is 0.226 e. The van der Waals surface area contributed by atoms with Gasteiger partial charge in [-0.3, -0.25) is 9.69 Å². The van der Waals surface area contributed by atoms with E-state index in [9.17, 15) is 4.79 Å². The van der Waals surface area contributed by atoms with E-state index in [-0.39, 0.29) is 11.2 Å². The molecule has 0 aromatic heterocycles. The van der Waals surface area contributed by atoms with Gasteiger partial charge in [0.1, 0.15) is 0 Å². The molecule has 2 fully saturated rings. The van der Waals surface area contributed by atoms with Gasteiger partial charge >= 0.3 is 0 Å². The molecule has 2 saturated heterocycles. The third kappa shape index (κ3) is 1.17. The van der Waals surface area contributed by atoms with Crippen LogP contribution in [0.2, 0.25) is 0 Å². The van der Waals surface area contributed by atoms with Crippen molar-refractivity contribution in [3.63, 3.8) is 0 Å². The number of nitrogens with zero attached hydrogens (tertiary/aromatic N) is 1. The fourth-order valence-electron chi connectivity index (χ4n) is 2.70. The fourth-order valence-corrected chi connectivity index (χ4v) is 2.96. The van der Waals surface area contributed by atoms with Crippen LogP contribution < -0.4 is 0 Å². The lowest BCUT2D eigenvalue weighted by Crippen LogP contribution is -2.43. The average Bonchev–Trinajstić information content (AvgIpc) is 2.32. The number of rotatable bonds is 1. The summed E-state index contributed by atoms with van der Waals surface area (Å²) >= 11 is 5.55. The number of carbonyl (C=O) groups excluding carboxylic acids is 1. The van der Waals surface area contributed by atoms with Gasteiger partial charge in [0.25, 0.3) is 0 Å². The largest absolute Gasteiger partial charge is 0.300 e. The van der Waals surface area contributed by atoms with Gasteiger partial charge in [0.15, 0.2) is 0 Å². The average molecular weight is 188 g/mol. The molecule has 0 N–H and O–H groups in total. The van der Waals surface area contributed by atoms with Crippen molar-refractivity contribution in [3.8, 4) is 0 Å². The summed E-state index contributed by atoms with van der Waals surface area (Å²) in [6, 6.07) is 1.16. The van der Waals surface area contributed by atoms with Crippen LogP contribution in [-0.4, -0.2) is 29.3 Å². The molecule has 2 aliphatic heterocycles. The van der Waals surface area contributed by atoms with Gasteiger partial charge in [0, 0.05) is 18.0 Å². The third-order valence-corrected chi connectivity index (χ3v) is 3.74. The molecule has 0 aromatic carbocycles. The van der Waals surface area contributed by atoms with E-state index in [1.165, 1.54) is 6.42 Å². The Bertz CT molecular complexity index is 207. The lowest BCUT2D eigenvalue weighted by molar-refractivity contribution is -0.118. The minimum absolute atomic E-state index is 0.107. The minimum atomic E-state index is -0.132. The molecule has 12 heavy (non-hydrogen) atoms. The van der Waals surface area contributed by atoms with Gasteiger partial charge < -0.3 is 0 Å². The fraction of sp³-hybridized carbons (Fsp3) is 0.889. The first-order valence-electron chi connectivity index (χ1n) is 4.61. The Kier molecular flexibility index (Phi) is 2.13. The molecule has 3 heteroatoms. The van der Waals surface area contributed by atoms with E-state index in [0.29, 0.717) is 6.04 Å². The number of carbonyl (C=O) groups is 1. The molecule has 0 spiro atoms. The number of fused-ring (bicyclic) bond motifs is 2. The Hall–Kier alpha value is -0.0800. The molecule has 2 heterocycles. The summed E-state index contributed by atoms with van der Waals surface area (Å²) in [5.41, 5.74) is 0. The second-order valence-electron chi connectivity index (χ2n) is 3.95. The summed E-state index contributed by atoms with van der Waals surface area (Å²) in [6.07, 6.45) is 4.56. The van der Waals surface area contributed by atoms with Crippen LogP contribution in [0.1, 0.15) is 25.7 Å². The second-order valence-corrected chi connectivity index (χ2v) is 4.32. The van der Waals surface area contributed by atoms with E-state index < -0.39 is 0 Å². The van der Waals surface area contributed by atoms with Crippen molar-refractivity contribution >= 4 is 16.8 Å². The van der Waals surface area contributed by atoms with Crippen LogP contribution in [0.4, 0.5) is 0 Å². The SMILES string of the molecule is CN1C2CCC(C(=O)Cl)C1CC2. The molecule has 0 aliphatic carbocycles. The number of halogens is 1. The minimum Gasteiger partial charge on any atom is -0.300 e. The summed E-state index contributed by atoms with van der Waals surface area (Å²) in [4.78, 5) is 13.4. The van der Waals surface area contributed by atoms with Crippen LogP contribution in [0.25, 0.3) is 0 Å². The summed E-state index contributed by atoms with van der Waals surface area (Å²) < 4.78 is 0. The zero-order valence-corrected chi connectivity index (χ0v) is 8.05. The molecule has 0 saturated carbocycles. The first-order valence-corrected chi connectivity index (χ1v) is 4.99. The summed E-state index contributed by atoms with van der Waals surface area (Å²) in [7, 11) is 2.12. The lowest BCUT2D eigenvalue weighted by atomic mass is 9.92. The zero-order valence-electron chi connectivity index (χ0n) is 7.29. The van der Waals surface area contributed by atoms with Crippen LogP contribution in [0.3, 0.4) is 0 Å². The number of hydrogen-bond donors (Lipinski definition) is 0. The van der Waals surface area contributed by atoms with E-state index in [0.717, 1.165) is 25.3 Å². The topological polar surface area (TPSA) is 20.3 Å². The molecule has 2 bridgehead atoms. The molecule has 3 unspecified atom stereocenters. The molecule has 0 amide bonds. The van der Waals surface area contributed by atoms with Crippen molar-refractivity contribution in [3.05, 3.63) is 0 Å². The second kappa shape index (κ2) is 3.00. The standard InChI is InChI=1S/C9H14ClNO/c1-11-6-2-4-7(9(10)12)8(11)5-3-6/h6-8H,2-5H2,1H3. The van der Waals surface area contributed by atoms with Crippen LogP contribution in [0, 0.1) is 5.92 Å². The maximum Gasteiger partial charge on any atom is 0.226 e. The molecule has 3 atom stereocenters. The molecule has 2 rings (SSSR count). The number of hydrogen-bond acceptors (Lipinski definition) is 2. The molecular weight excluding hydrogens is 174 g/mol. The van der Waals surface area contributed by atoms with Crippen LogP contribution >= 0.6 is 11.6 Å². The Morgan fingerprint density at radius 3 is 2.67 bits per heavy atom. The Morgan fingerprint density at radius 1 is 1.33 bits per heavy atom. The van der Waals surface area contributed by atoms with Gasteiger partial charge in [-0.05, 0) is 44.3 Å². The zero-order chi connectivity index (χ0) is 8.72. The number of piperidine rings is 1. The highest BCUT2D eigenvalue weighted by atomic mass is 35.5. The van der Waals surface area contributed by atoms with Crippen LogP contribution in [0.5, 0.6) is 0 Å². The van der Waals surface area contributed by atoms with E-state index >= 15 is 0 Å². The maximum atomic E-state index is 11.1. The first-order chi connectivity index (χ1) is 5.70. The van der Waals surface area contributed by atoms with Crippen molar-refractivity contribution in [2.24, 2.45) is 5.92 Å². The van der Waals surface area contributed by atoms with Crippen molar-refractivity contribution < 1.29 is 4.79 Å². The van der Waals surface area contributed by atoms with Crippen molar-refractivity contribution in [2.45, 2.75) is 37.8 Å². The van der Waals surface area contributed by atoms with Crippen LogP contribution in [-0.2, 0) is 4.79 Å². The summed E-state index contributed by atoms with van der Waals surface area (Å²) in [5, 5.41) is -0.132. The molecule has 68 valence electrons. The molecule has 0 radical (unpaired) electrons. The van der Waals surface area contributed by atoms with Gasteiger partial charge in [-0.25, -0.2) is 0 Å². The quantitative estimate of drug-likeness (QED) is 0.582. The van der Waals surface area contributed by atoms with Crippen molar-refractivity contribution in [1.82, 2.24) is 4.90 Å². The molecule has 0 aromatic rings. The van der Waals surface area contributed by atoms with Crippen molar-refractivity contribution in [1.29, 1.82) is 0 Å². The third-order valence-electron chi connectivity index (χ3n) is 3.46. The maximum absolute atomic E-state index is 11.1. The monoisotopic (exact) mass is 187 g/mol. The van der Waals surface area contributed by atoms with Gasteiger partial charge in [-0.2, -0.15) is 0 Å². The normalized spacial score (nSPS) is 41.7. The van der Waals surface area contributed by atoms with Gasteiger partial charge in [0.2, 0.25) is 5.24 Å². The Labute approximate surface area is 77.9 Å². The highest BCUT2D eigenvalue weighted by molar-refractivity contribution is 6.64. The molecule has 2 nitrogen and oxygen atoms in total. The predicted molar refractivity (Wildman–Crippen MR) is 48.2 cm³/mol. The molecular formula is C9H14ClNO. The van der Waals surface area contributed by atoms with E-state index in [2.05, 4.69) is 11.9 Å². The summed E-state index contributed by atoms with van der Waals surface area (Å²) in [6.45, 7) is 0. The molecule has 2 aliphatic rings. The lowest BCUT2D eigenvalue weighted by Gasteiger charge is -2.35. The Balaban J connectivity index is 2.14. The highest BCUT2D eigenvalue weighted by Gasteiger charge is 2.42. The Morgan fingerprint density at radius 2 is 2.00 bits per heavy atom. The van der Waals surface area contributed by atoms with E-state index in [4.69, 9.17) is 11.6 Å². The summed E-state index contributed by atoms with van der Waals surface area (Å²) in [5.74, 6) is 0.107. The predicted octanol–water partition coefficient (Wildman–Crippen LogP) is 1.62. The van der Waals surface area contributed by atoms with E-state index in [1.807, 2.05) is 0 Å². The van der Waals surface area contributed by atoms with Gasteiger partial charge in [-0.15, -0.1) is 0 Å². The van der Waals surface area contributed by atoms with Crippen molar-refractivity contribution in [2.75, 3.05) is 7.05 Å². The van der Waals surface area contributed by atoms with Gasteiger partial charge in [-0.1, -0.05) is 0 Å². The van der Waals surface area contributed by atoms with Gasteiger partial charge in [0.05, 0.1) is 0 Å². The van der Waals surface area contributed by atoms with E-state index in [1.54, 1.807) is 0 Å². The van der Waals surface area contributed by atoms with Crippen LogP contribution in [0.15, 0.2) is 0 Å². The first kappa shape index (κ1) is 8.52. The highest BCUT2D eigenvalue weighted by Crippen LogP contribution is 2.38.